The van der Waals surface area contributed by atoms with Crippen LogP contribution in [0.1, 0.15) is 39.5 Å². The average molecular weight is 184 g/mol. The molecule has 2 rings (SSSR count). The third-order valence-electron chi connectivity index (χ3n) is 3.93. The Kier molecular flexibility index (Phi) is 2.37. The fourth-order valence-corrected chi connectivity index (χ4v) is 3.08. The van der Waals surface area contributed by atoms with Crippen molar-refractivity contribution < 1.29 is 9.84 Å². The van der Waals surface area contributed by atoms with E-state index >= 15 is 0 Å². The van der Waals surface area contributed by atoms with Crippen LogP contribution in [0.25, 0.3) is 0 Å². The summed E-state index contributed by atoms with van der Waals surface area (Å²) in [5, 5.41) is 9.46. The van der Waals surface area contributed by atoms with E-state index in [1.807, 2.05) is 0 Å². The van der Waals surface area contributed by atoms with Crippen LogP contribution in [0.3, 0.4) is 0 Å². The molecule has 1 aliphatic heterocycles. The second-order valence-electron chi connectivity index (χ2n) is 5.27. The summed E-state index contributed by atoms with van der Waals surface area (Å²) < 4.78 is 5.30. The number of aliphatic hydroxyl groups excluding tert-OH is 1. The Balaban J connectivity index is 2.10. The number of hydrogen-bond acceptors (Lipinski definition) is 2. The fourth-order valence-electron chi connectivity index (χ4n) is 3.08. The van der Waals surface area contributed by atoms with Gasteiger partial charge in [0.1, 0.15) is 0 Å². The molecule has 1 saturated carbocycles. The molecule has 2 fully saturated rings. The van der Waals surface area contributed by atoms with Gasteiger partial charge in [-0.15, -0.1) is 0 Å². The summed E-state index contributed by atoms with van der Waals surface area (Å²) in [5.41, 5.74) is 0.410. The van der Waals surface area contributed by atoms with Gasteiger partial charge in [0.05, 0.1) is 6.61 Å². The van der Waals surface area contributed by atoms with Crippen LogP contribution in [0, 0.1) is 17.3 Å². The van der Waals surface area contributed by atoms with Crippen LogP contribution in [0.5, 0.6) is 0 Å². The van der Waals surface area contributed by atoms with Gasteiger partial charge in [0.25, 0.3) is 0 Å². The van der Waals surface area contributed by atoms with Crippen LogP contribution < -0.4 is 0 Å². The zero-order valence-corrected chi connectivity index (χ0v) is 8.62. The maximum absolute atomic E-state index is 9.46. The quantitative estimate of drug-likeness (QED) is 0.625. The van der Waals surface area contributed by atoms with E-state index in [1.165, 1.54) is 19.3 Å². The summed E-state index contributed by atoms with van der Waals surface area (Å²) in [4.78, 5) is 0. The highest BCUT2D eigenvalue weighted by Gasteiger charge is 2.42. The van der Waals surface area contributed by atoms with E-state index in [9.17, 15) is 5.11 Å². The normalized spacial score (nSPS) is 44.1. The minimum atomic E-state index is -0.501. The Hall–Kier alpha value is -0.0800. The van der Waals surface area contributed by atoms with Crippen molar-refractivity contribution >= 4 is 0 Å². The molecule has 0 radical (unpaired) electrons. The van der Waals surface area contributed by atoms with E-state index < -0.39 is 6.29 Å². The van der Waals surface area contributed by atoms with Gasteiger partial charge in [-0.3, -0.25) is 0 Å². The third kappa shape index (κ3) is 1.75. The minimum absolute atomic E-state index is 0.410. The highest BCUT2D eigenvalue weighted by molar-refractivity contribution is 4.90. The van der Waals surface area contributed by atoms with Gasteiger partial charge in [-0.05, 0) is 30.1 Å². The van der Waals surface area contributed by atoms with Gasteiger partial charge >= 0.3 is 0 Å². The van der Waals surface area contributed by atoms with E-state index in [-0.39, 0.29) is 0 Å². The molecule has 0 spiro atoms. The van der Waals surface area contributed by atoms with Crippen LogP contribution >= 0.6 is 0 Å². The minimum Gasteiger partial charge on any atom is -0.368 e. The SMILES string of the molecule is CC1(C)CCCC2COC(O)CC21. The van der Waals surface area contributed by atoms with Crippen LogP contribution in [-0.2, 0) is 4.74 Å². The molecule has 0 aromatic carbocycles. The van der Waals surface area contributed by atoms with Crippen LogP contribution in [0.2, 0.25) is 0 Å². The van der Waals surface area contributed by atoms with Crippen LogP contribution in [-0.4, -0.2) is 18.0 Å². The third-order valence-corrected chi connectivity index (χ3v) is 3.93. The fraction of sp³-hybridized carbons (Fsp3) is 1.00. The lowest BCUT2D eigenvalue weighted by atomic mass is 9.62. The maximum atomic E-state index is 9.46. The molecule has 3 unspecified atom stereocenters. The van der Waals surface area contributed by atoms with Crippen LogP contribution in [0.15, 0.2) is 0 Å². The van der Waals surface area contributed by atoms with E-state index in [4.69, 9.17) is 4.74 Å². The molecule has 1 saturated heterocycles. The van der Waals surface area contributed by atoms with Gasteiger partial charge in [-0.25, -0.2) is 0 Å². The Bertz CT molecular complexity index is 189. The first kappa shape index (κ1) is 9.47. The predicted octanol–water partition coefficient (Wildman–Crippen LogP) is 2.17. The molecule has 1 heterocycles. The van der Waals surface area contributed by atoms with Gasteiger partial charge in [0.2, 0.25) is 0 Å². The van der Waals surface area contributed by atoms with E-state index in [2.05, 4.69) is 13.8 Å². The van der Waals surface area contributed by atoms with Crippen molar-refractivity contribution in [2.24, 2.45) is 17.3 Å². The summed E-state index contributed by atoms with van der Waals surface area (Å²) in [6, 6.07) is 0. The second kappa shape index (κ2) is 3.25. The van der Waals surface area contributed by atoms with Gasteiger partial charge in [-0.1, -0.05) is 20.3 Å². The molecule has 0 aromatic rings. The number of rotatable bonds is 0. The van der Waals surface area contributed by atoms with Gasteiger partial charge in [-0.2, -0.15) is 0 Å². The van der Waals surface area contributed by atoms with Gasteiger partial charge in [0, 0.05) is 6.42 Å². The molecule has 13 heavy (non-hydrogen) atoms. The zero-order valence-electron chi connectivity index (χ0n) is 8.62. The monoisotopic (exact) mass is 184 g/mol. The first-order chi connectivity index (χ1) is 6.09. The van der Waals surface area contributed by atoms with Gasteiger partial charge in [0.15, 0.2) is 6.29 Å². The molecule has 76 valence electrons. The largest absolute Gasteiger partial charge is 0.368 e. The molecule has 2 aliphatic rings. The predicted molar refractivity (Wildman–Crippen MR) is 51.2 cm³/mol. The van der Waals surface area contributed by atoms with Crippen LogP contribution in [0.4, 0.5) is 0 Å². The topological polar surface area (TPSA) is 29.5 Å². The molecule has 2 heteroatoms. The smallest absolute Gasteiger partial charge is 0.154 e. The number of hydrogen-bond donors (Lipinski definition) is 1. The molecule has 3 atom stereocenters. The molecular weight excluding hydrogens is 164 g/mol. The summed E-state index contributed by atoms with van der Waals surface area (Å²) in [5.74, 6) is 1.37. The Morgan fingerprint density at radius 1 is 1.38 bits per heavy atom. The highest BCUT2D eigenvalue weighted by atomic mass is 16.6. The van der Waals surface area contributed by atoms with Crippen molar-refractivity contribution in [1.29, 1.82) is 0 Å². The first-order valence-corrected chi connectivity index (χ1v) is 5.39. The molecule has 0 aromatic heterocycles. The Labute approximate surface area is 80.3 Å². The summed E-state index contributed by atoms with van der Waals surface area (Å²) in [6.45, 7) is 5.44. The van der Waals surface area contributed by atoms with Crippen molar-refractivity contribution in [2.45, 2.75) is 45.8 Å². The molecule has 1 aliphatic carbocycles. The van der Waals surface area contributed by atoms with Crippen molar-refractivity contribution in [3.8, 4) is 0 Å². The standard InChI is InChI=1S/C11H20O2/c1-11(2)5-3-4-8-7-13-10(12)6-9(8)11/h8-10,12H,3-7H2,1-2H3. The van der Waals surface area contributed by atoms with Crippen molar-refractivity contribution in [3.05, 3.63) is 0 Å². The number of ether oxygens (including phenoxy) is 1. The summed E-state index contributed by atoms with van der Waals surface area (Å²) in [6.07, 6.45) is 4.27. The van der Waals surface area contributed by atoms with E-state index in [1.54, 1.807) is 0 Å². The van der Waals surface area contributed by atoms with E-state index in [0.29, 0.717) is 17.3 Å². The van der Waals surface area contributed by atoms with Crippen molar-refractivity contribution in [2.75, 3.05) is 6.61 Å². The first-order valence-electron chi connectivity index (χ1n) is 5.39. The molecule has 1 N–H and O–H groups in total. The molecule has 0 bridgehead atoms. The van der Waals surface area contributed by atoms with Crippen molar-refractivity contribution in [3.63, 3.8) is 0 Å². The molecule has 0 amide bonds. The zero-order chi connectivity index (χ0) is 9.47. The highest BCUT2D eigenvalue weighted by Crippen LogP contribution is 2.48. The Morgan fingerprint density at radius 2 is 2.15 bits per heavy atom. The van der Waals surface area contributed by atoms with Crippen molar-refractivity contribution in [1.82, 2.24) is 0 Å². The molecule has 2 nitrogen and oxygen atoms in total. The lowest BCUT2D eigenvalue weighted by Crippen LogP contribution is -2.43. The Morgan fingerprint density at radius 3 is 2.92 bits per heavy atom. The lowest BCUT2D eigenvalue weighted by molar-refractivity contribution is -0.183. The van der Waals surface area contributed by atoms with E-state index in [0.717, 1.165) is 13.0 Å². The lowest BCUT2D eigenvalue weighted by Gasteiger charge is -2.47. The van der Waals surface area contributed by atoms with Gasteiger partial charge < -0.3 is 9.84 Å². The number of fused-ring (bicyclic) bond motifs is 1. The summed E-state index contributed by atoms with van der Waals surface area (Å²) in [7, 11) is 0. The second-order valence-corrected chi connectivity index (χ2v) is 5.27. The number of aliphatic hydroxyl groups is 1. The summed E-state index contributed by atoms with van der Waals surface area (Å²) >= 11 is 0. The maximum Gasteiger partial charge on any atom is 0.154 e. The average Bonchev–Trinajstić information content (AvgIpc) is 2.06. The molecular formula is C11H20O2.